The smallest absolute Gasteiger partial charge is 0.150 e. The van der Waals surface area contributed by atoms with Crippen LogP contribution in [0.1, 0.15) is 19.8 Å². The molecule has 0 aliphatic carbocycles. The number of nitrogens with zero attached hydrogens (tertiary/aromatic N) is 1. The normalized spacial score (nSPS) is 13.1. The molecule has 0 aliphatic rings. The number of hydrogen-bond acceptors (Lipinski definition) is 3. The van der Waals surface area contributed by atoms with E-state index in [1.54, 1.807) is 0 Å². The van der Waals surface area contributed by atoms with Gasteiger partial charge in [-0.2, -0.15) is 0 Å². The van der Waals surface area contributed by atoms with Gasteiger partial charge in [0, 0.05) is 0 Å². The second-order valence-corrected chi connectivity index (χ2v) is 1.94. The second-order valence-electron chi connectivity index (χ2n) is 1.94. The fourth-order valence-corrected chi connectivity index (χ4v) is 0.491. The zero-order valence-corrected chi connectivity index (χ0v) is 5.93. The Morgan fingerprint density at radius 3 is 2.89 bits per heavy atom. The Labute approximate surface area is 56.3 Å². The van der Waals surface area contributed by atoms with Gasteiger partial charge in [-0.3, -0.25) is 16.0 Å². The zero-order chi connectivity index (χ0) is 7.11. The van der Waals surface area contributed by atoms with Crippen molar-refractivity contribution in [1.29, 1.82) is 0 Å². The number of rotatable bonds is 5. The third kappa shape index (κ3) is 5.46. The van der Waals surface area contributed by atoms with E-state index in [9.17, 15) is 0 Å². The van der Waals surface area contributed by atoms with Crippen molar-refractivity contribution in [3.8, 4) is 0 Å². The number of unbranched alkanes of at least 4 members (excludes halogenated alkanes) is 1. The Morgan fingerprint density at radius 1 is 1.78 bits per heavy atom. The fraction of sp³-hybridized carbons (Fsp3) is 0.833. The van der Waals surface area contributed by atoms with Crippen LogP contribution in [-0.4, -0.2) is 19.6 Å². The lowest BCUT2D eigenvalue weighted by Gasteiger charge is -2.05. The van der Waals surface area contributed by atoms with E-state index >= 15 is 0 Å². The van der Waals surface area contributed by atoms with Gasteiger partial charge in [0.15, 0.2) is 0 Å². The van der Waals surface area contributed by atoms with E-state index in [1.807, 2.05) is 0 Å². The van der Waals surface area contributed by atoms with Crippen LogP contribution in [0.4, 0.5) is 0 Å². The molecule has 3 nitrogen and oxygen atoms in total. The van der Waals surface area contributed by atoms with Crippen LogP contribution in [0.2, 0.25) is 0 Å². The molecule has 0 heterocycles. The summed E-state index contributed by atoms with van der Waals surface area (Å²) in [7, 11) is 0. The predicted molar refractivity (Wildman–Crippen MR) is 40.4 cm³/mol. The molecule has 3 N–H and O–H groups in total. The largest absolute Gasteiger partial charge is 0.297 e. The summed E-state index contributed by atoms with van der Waals surface area (Å²) in [5, 5.41) is 2.98. The Balaban J connectivity index is 2.96. The lowest BCUT2D eigenvalue weighted by Crippen LogP contribution is -2.35. The Morgan fingerprint density at radius 2 is 2.44 bits per heavy atom. The second kappa shape index (κ2) is 5.72. The highest BCUT2D eigenvalue weighted by atomic mass is 15.2. The summed E-state index contributed by atoms with van der Waals surface area (Å²) in [6.45, 7) is 6.36. The van der Waals surface area contributed by atoms with Crippen molar-refractivity contribution in [2.45, 2.75) is 26.1 Å². The highest BCUT2D eigenvalue weighted by Crippen LogP contribution is 1.82. The number of hydrogen-bond donors (Lipinski definition) is 2. The van der Waals surface area contributed by atoms with Gasteiger partial charge in [0.25, 0.3) is 0 Å². The monoisotopic (exact) mass is 129 g/mol. The van der Waals surface area contributed by atoms with Gasteiger partial charge in [0.05, 0.1) is 0 Å². The Hall–Kier alpha value is -0.410. The fourth-order valence-electron chi connectivity index (χ4n) is 0.491. The highest BCUT2D eigenvalue weighted by molar-refractivity contribution is 5.23. The maximum absolute atomic E-state index is 5.37. The van der Waals surface area contributed by atoms with Crippen molar-refractivity contribution >= 4 is 6.72 Å². The van der Waals surface area contributed by atoms with Gasteiger partial charge < -0.3 is 0 Å². The summed E-state index contributed by atoms with van der Waals surface area (Å²) < 4.78 is 0. The molecule has 0 aromatic heterocycles. The van der Waals surface area contributed by atoms with E-state index in [1.165, 1.54) is 6.42 Å². The van der Waals surface area contributed by atoms with E-state index in [0.717, 1.165) is 13.0 Å². The molecule has 9 heavy (non-hydrogen) atoms. The molecule has 0 bridgehead atoms. The minimum absolute atomic E-state index is 0.281. The van der Waals surface area contributed by atoms with Gasteiger partial charge in [-0.05, 0) is 19.7 Å². The molecule has 3 heteroatoms. The molecule has 0 amide bonds. The Bertz CT molecular complexity index is 72.7. The van der Waals surface area contributed by atoms with Crippen molar-refractivity contribution in [3.63, 3.8) is 0 Å². The summed E-state index contributed by atoms with van der Waals surface area (Å²) in [6, 6.07) is 0. The summed E-state index contributed by atoms with van der Waals surface area (Å²) >= 11 is 0. The molecular weight excluding hydrogens is 114 g/mol. The third-order valence-electron chi connectivity index (χ3n) is 1.08. The van der Waals surface area contributed by atoms with Crippen LogP contribution in [0, 0.1) is 0 Å². The SMILES string of the molecule is C=NC(N)NCCCC. The topological polar surface area (TPSA) is 50.4 Å². The maximum Gasteiger partial charge on any atom is 0.150 e. The van der Waals surface area contributed by atoms with Crippen molar-refractivity contribution in [2.75, 3.05) is 6.54 Å². The van der Waals surface area contributed by atoms with Gasteiger partial charge >= 0.3 is 0 Å². The molecule has 54 valence electrons. The molecule has 0 aromatic carbocycles. The molecule has 0 saturated heterocycles. The Kier molecular flexibility index (Phi) is 5.46. The highest BCUT2D eigenvalue weighted by Gasteiger charge is 1.91. The van der Waals surface area contributed by atoms with Crippen LogP contribution in [0.15, 0.2) is 4.99 Å². The standard InChI is InChI=1S/C6H15N3/c1-3-4-5-9-6(7)8-2/h6,9H,2-5,7H2,1H3. The van der Waals surface area contributed by atoms with E-state index in [2.05, 4.69) is 24.0 Å². The van der Waals surface area contributed by atoms with Gasteiger partial charge in [-0.1, -0.05) is 13.3 Å². The molecule has 0 fully saturated rings. The third-order valence-corrected chi connectivity index (χ3v) is 1.08. The van der Waals surface area contributed by atoms with Gasteiger partial charge in [0.2, 0.25) is 0 Å². The first kappa shape index (κ1) is 8.59. The molecule has 0 saturated carbocycles. The quantitative estimate of drug-likeness (QED) is 0.319. The molecular formula is C6H15N3. The molecule has 0 rings (SSSR count). The van der Waals surface area contributed by atoms with E-state index < -0.39 is 0 Å². The van der Waals surface area contributed by atoms with Crippen LogP contribution >= 0.6 is 0 Å². The van der Waals surface area contributed by atoms with Gasteiger partial charge in [-0.25, -0.2) is 0 Å². The summed E-state index contributed by atoms with van der Waals surface area (Å²) in [5.74, 6) is 0. The molecule has 1 atom stereocenters. The summed E-state index contributed by atoms with van der Waals surface area (Å²) in [6.07, 6.45) is 2.04. The van der Waals surface area contributed by atoms with E-state index in [0.29, 0.717) is 0 Å². The first-order chi connectivity index (χ1) is 4.31. The van der Waals surface area contributed by atoms with Crippen LogP contribution in [0.3, 0.4) is 0 Å². The maximum atomic E-state index is 5.37. The number of nitrogens with one attached hydrogen (secondary N) is 1. The zero-order valence-electron chi connectivity index (χ0n) is 5.93. The minimum atomic E-state index is -0.281. The summed E-state index contributed by atoms with van der Waals surface area (Å²) in [5.41, 5.74) is 5.37. The van der Waals surface area contributed by atoms with Crippen molar-refractivity contribution in [2.24, 2.45) is 10.7 Å². The van der Waals surface area contributed by atoms with E-state index in [4.69, 9.17) is 5.73 Å². The summed E-state index contributed by atoms with van der Waals surface area (Å²) in [4.78, 5) is 3.58. The van der Waals surface area contributed by atoms with Crippen molar-refractivity contribution in [1.82, 2.24) is 5.32 Å². The molecule has 1 unspecified atom stereocenters. The molecule has 0 aromatic rings. The number of aliphatic imine (C=N–C) groups is 1. The molecule has 0 aliphatic heterocycles. The average molecular weight is 129 g/mol. The number of nitrogens with two attached hydrogens (primary N) is 1. The van der Waals surface area contributed by atoms with Gasteiger partial charge in [-0.15, -0.1) is 0 Å². The first-order valence-corrected chi connectivity index (χ1v) is 3.26. The van der Waals surface area contributed by atoms with Crippen LogP contribution in [0.25, 0.3) is 0 Å². The van der Waals surface area contributed by atoms with Crippen LogP contribution in [0.5, 0.6) is 0 Å². The molecule has 0 radical (unpaired) electrons. The lowest BCUT2D eigenvalue weighted by molar-refractivity contribution is 0.535. The lowest BCUT2D eigenvalue weighted by atomic mass is 10.3. The van der Waals surface area contributed by atoms with Crippen molar-refractivity contribution < 1.29 is 0 Å². The van der Waals surface area contributed by atoms with Crippen LogP contribution in [-0.2, 0) is 0 Å². The van der Waals surface area contributed by atoms with Gasteiger partial charge in [0.1, 0.15) is 6.29 Å². The average Bonchev–Trinajstić information content (AvgIpc) is 1.89. The molecule has 0 spiro atoms. The van der Waals surface area contributed by atoms with Crippen LogP contribution < -0.4 is 11.1 Å². The minimum Gasteiger partial charge on any atom is -0.297 e. The first-order valence-electron chi connectivity index (χ1n) is 3.26. The van der Waals surface area contributed by atoms with Crippen molar-refractivity contribution in [3.05, 3.63) is 0 Å². The predicted octanol–water partition coefficient (Wildman–Crippen LogP) is 0.319. The van der Waals surface area contributed by atoms with E-state index in [-0.39, 0.29) is 6.29 Å².